The summed E-state index contributed by atoms with van der Waals surface area (Å²) in [6, 6.07) is 12.2. The Morgan fingerprint density at radius 3 is 2.43 bits per heavy atom. The molecule has 0 spiro atoms. The molecule has 0 unspecified atom stereocenters. The number of para-hydroxylation sites is 1. The molecule has 1 fully saturated rings. The van der Waals surface area contributed by atoms with Crippen LogP contribution < -0.4 is 5.73 Å². The van der Waals surface area contributed by atoms with Gasteiger partial charge in [0.2, 0.25) is 0 Å². The number of nitrogens with two attached hydrogens (primary N) is 1. The molecular weight excluding hydrogens is 286 g/mol. The van der Waals surface area contributed by atoms with Crippen LogP contribution in [0.3, 0.4) is 0 Å². The van der Waals surface area contributed by atoms with E-state index in [0.717, 1.165) is 55.1 Å². The smallest absolute Gasteiger partial charge is 0.255 e. The van der Waals surface area contributed by atoms with Gasteiger partial charge in [-0.1, -0.05) is 18.2 Å². The third-order valence-electron chi connectivity index (χ3n) is 4.91. The fourth-order valence-corrected chi connectivity index (χ4v) is 3.50. The molecule has 122 valence electrons. The van der Waals surface area contributed by atoms with Gasteiger partial charge in [-0.05, 0) is 57.4 Å². The van der Waals surface area contributed by atoms with Gasteiger partial charge in [-0.2, -0.15) is 0 Å². The van der Waals surface area contributed by atoms with Gasteiger partial charge in [0, 0.05) is 30.2 Å². The second-order valence-corrected chi connectivity index (χ2v) is 6.43. The molecule has 0 bridgehead atoms. The van der Waals surface area contributed by atoms with E-state index in [2.05, 4.69) is 23.6 Å². The average Bonchev–Trinajstić information content (AvgIpc) is 2.89. The maximum absolute atomic E-state index is 12.9. The third-order valence-corrected chi connectivity index (χ3v) is 4.91. The lowest BCUT2D eigenvalue weighted by Gasteiger charge is -2.31. The number of aryl methyl sites for hydroxylation is 1. The topological polar surface area (TPSA) is 51.3 Å². The van der Waals surface area contributed by atoms with Crippen molar-refractivity contribution in [1.82, 2.24) is 9.47 Å². The number of piperidine rings is 1. The molecular formula is C19H25N3O. The SMILES string of the molecule is Cc1cc(C(=O)N2CCC(CN)CC2)c(C)n1-c1ccccc1. The molecule has 0 aliphatic carbocycles. The second kappa shape index (κ2) is 6.59. The van der Waals surface area contributed by atoms with Crippen LogP contribution in [0.1, 0.15) is 34.6 Å². The van der Waals surface area contributed by atoms with E-state index in [4.69, 9.17) is 5.73 Å². The first-order valence-corrected chi connectivity index (χ1v) is 8.35. The Morgan fingerprint density at radius 1 is 1.17 bits per heavy atom. The number of nitrogens with zero attached hydrogens (tertiary/aromatic N) is 2. The van der Waals surface area contributed by atoms with Crippen LogP contribution in [0.2, 0.25) is 0 Å². The van der Waals surface area contributed by atoms with Gasteiger partial charge in [0.1, 0.15) is 0 Å². The minimum Gasteiger partial charge on any atom is -0.339 e. The zero-order valence-electron chi connectivity index (χ0n) is 14.0. The highest BCUT2D eigenvalue weighted by atomic mass is 16.2. The van der Waals surface area contributed by atoms with Crippen molar-refractivity contribution in [2.45, 2.75) is 26.7 Å². The van der Waals surface area contributed by atoms with E-state index in [1.165, 1.54) is 0 Å². The van der Waals surface area contributed by atoms with Crippen molar-refractivity contribution in [3.63, 3.8) is 0 Å². The van der Waals surface area contributed by atoms with Crippen LogP contribution in [0.15, 0.2) is 36.4 Å². The van der Waals surface area contributed by atoms with Gasteiger partial charge in [0.25, 0.3) is 5.91 Å². The Kier molecular flexibility index (Phi) is 4.53. The van der Waals surface area contributed by atoms with Crippen LogP contribution >= 0.6 is 0 Å². The van der Waals surface area contributed by atoms with Gasteiger partial charge in [-0.25, -0.2) is 0 Å². The maximum atomic E-state index is 12.9. The fourth-order valence-electron chi connectivity index (χ4n) is 3.50. The highest BCUT2D eigenvalue weighted by molar-refractivity contribution is 5.96. The summed E-state index contributed by atoms with van der Waals surface area (Å²) in [4.78, 5) is 14.9. The van der Waals surface area contributed by atoms with Gasteiger partial charge >= 0.3 is 0 Å². The summed E-state index contributed by atoms with van der Waals surface area (Å²) in [5.41, 5.74) is 9.76. The number of amides is 1. The molecule has 2 N–H and O–H groups in total. The van der Waals surface area contributed by atoms with E-state index in [1.54, 1.807) is 0 Å². The Labute approximate surface area is 137 Å². The predicted molar refractivity (Wildman–Crippen MR) is 92.9 cm³/mol. The van der Waals surface area contributed by atoms with Crippen molar-refractivity contribution in [3.8, 4) is 5.69 Å². The molecule has 2 aromatic rings. The molecule has 0 atom stereocenters. The Balaban J connectivity index is 1.85. The lowest BCUT2D eigenvalue weighted by molar-refractivity contribution is 0.0692. The number of hydrogen-bond acceptors (Lipinski definition) is 2. The van der Waals surface area contributed by atoms with Crippen LogP contribution in [0, 0.1) is 19.8 Å². The lowest BCUT2D eigenvalue weighted by atomic mass is 9.96. The highest BCUT2D eigenvalue weighted by Gasteiger charge is 2.25. The fraction of sp³-hybridized carbons (Fsp3) is 0.421. The van der Waals surface area contributed by atoms with Crippen molar-refractivity contribution in [2.75, 3.05) is 19.6 Å². The number of likely N-dealkylation sites (tertiary alicyclic amines) is 1. The monoisotopic (exact) mass is 311 g/mol. The molecule has 0 saturated carbocycles. The molecule has 1 amide bonds. The summed E-state index contributed by atoms with van der Waals surface area (Å²) in [7, 11) is 0. The number of aromatic nitrogens is 1. The molecule has 1 aromatic carbocycles. The summed E-state index contributed by atoms with van der Waals surface area (Å²) >= 11 is 0. The van der Waals surface area contributed by atoms with Crippen molar-refractivity contribution < 1.29 is 4.79 Å². The van der Waals surface area contributed by atoms with Gasteiger partial charge in [-0.15, -0.1) is 0 Å². The summed E-state index contributed by atoms with van der Waals surface area (Å²) in [6.45, 7) is 6.44. The molecule has 0 radical (unpaired) electrons. The molecule has 2 heterocycles. The van der Waals surface area contributed by atoms with Crippen LogP contribution in [0.25, 0.3) is 5.69 Å². The van der Waals surface area contributed by atoms with E-state index in [1.807, 2.05) is 36.1 Å². The summed E-state index contributed by atoms with van der Waals surface area (Å²) in [5.74, 6) is 0.714. The van der Waals surface area contributed by atoms with Crippen LogP contribution in [0.4, 0.5) is 0 Å². The van der Waals surface area contributed by atoms with Crippen molar-refractivity contribution >= 4 is 5.91 Å². The average molecular weight is 311 g/mol. The molecule has 1 aliphatic rings. The van der Waals surface area contributed by atoms with E-state index < -0.39 is 0 Å². The molecule has 1 saturated heterocycles. The zero-order valence-corrected chi connectivity index (χ0v) is 14.0. The van der Waals surface area contributed by atoms with Crippen LogP contribution in [-0.4, -0.2) is 35.0 Å². The number of benzene rings is 1. The van der Waals surface area contributed by atoms with Gasteiger partial charge in [-0.3, -0.25) is 4.79 Å². The summed E-state index contributed by atoms with van der Waals surface area (Å²) in [6.07, 6.45) is 2.03. The first kappa shape index (κ1) is 15.8. The van der Waals surface area contributed by atoms with E-state index in [-0.39, 0.29) is 5.91 Å². The highest BCUT2D eigenvalue weighted by Crippen LogP contribution is 2.24. The van der Waals surface area contributed by atoms with Crippen molar-refractivity contribution in [1.29, 1.82) is 0 Å². The van der Waals surface area contributed by atoms with Crippen molar-refractivity contribution in [2.24, 2.45) is 11.7 Å². The summed E-state index contributed by atoms with van der Waals surface area (Å²) < 4.78 is 2.15. The lowest BCUT2D eigenvalue weighted by Crippen LogP contribution is -2.40. The standard InChI is InChI=1S/C19H25N3O/c1-14-12-18(15(2)22(14)17-6-4-3-5-7-17)19(23)21-10-8-16(13-20)9-11-21/h3-7,12,16H,8-11,13,20H2,1-2H3. The molecule has 4 heteroatoms. The van der Waals surface area contributed by atoms with Gasteiger partial charge < -0.3 is 15.2 Å². The van der Waals surface area contributed by atoms with E-state index >= 15 is 0 Å². The number of carbonyl (C=O) groups is 1. The third kappa shape index (κ3) is 3.04. The van der Waals surface area contributed by atoms with Crippen molar-refractivity contribution in [3.05, 3.63) is 53.3 Å². The Bertz CT molecular complexity index is 682. The van der Waals surface area contributed by atoms with Crippen LogP contribution in [0.5, 0.6) is 0 Å². The molecule has 4 nitrogen and oxygen atoms in total. The first-order valence-electron chi connectivity index (χ1n) is 8.35. The largest absolute Gasteiger partial charge is 0.339 e. The number of rotatable bonds is 3. The van der Waals surface area contributed by atoms with E-state index in [0.29, 0.717) is 5.92 Å². The predicted octanol–water partition coefficient (Wildman–Crippen LogP) is 2.91. The molecule has 3 rings (SSSR count). The zero-order chi connectivity index (χ0) is 16.4. The molecule has 1 aromatic heterocycles. The number of hydrogen-bond donors (Lipinski definition) is 1. The quantitative estimate of drug-likeness (QED) is 0.947. The number of carbonyl (C=O) groups excluding carboxylic acids is 1. The normalized spacial score (nSPS) is 15.9. The Hall–Kier alpha value is -2.07. The Morgan fingerprint density at radius 2 is 1.83 bits per heavy atom. The van der Waals surface area contributed by atoms with Crippen LogP contribution in [-0.2, 0) is 0 Å². The summed E-state index contributed by atoms with van der Waals surface area (Å²) in [5, 5.41) is 0. The van der Waals surface area contributed by atoms with Gasteiger partial charge in [0.15, 0.2) is 0 Å². The molecule has 23 heavy (non-hydrogen) atoms. The minimum atomic E-state index is 0.149. The van der Waals surface area contributed by atoms with Gasteiger partial charge in [0.05, 0.1) is 5.56 Å². The maximum Gasteiger partial charge on any atom is 0.255 e. The minimum absolute atomic E-state index is 0.149. The second-order valence-electron chi connectivity index (χ2n) is 6.43. The van der Waals surface area contributed by atoms with E-state index in [9.17, 15) is 4.79 Å². The molecule has 1 aliphatic heterocycles. The first-order chi connectivity index (χ1) is 11.1.